The van der Waals surface area contributed by atoms with Crippen LogP contribution in [0.1, 0.15) is 5.56 Å². The van der Waals surface area contributed by atoms with E-state index in [1.165, 1.54) is 6.08 Å². The smallest absolute Gasteiger partial charge is 0.211 e. The molecule has 0 radical (unpaired) electrons. The third-order valence-electron chi connectivity index (χ3n) is 1.53. The largest absolute Gasteiger partial charge is 0.240 e. The Bertz CT molecular complexity index is 402. The molecule has 0 N–H and O–H groups in total. The molecule has 0 atom stereocenters. The van der Waals surface area contributed by atoms with Crippen LogP contribution < -0.4 is 0 Å². The summed E-state index contributed by atoms with van der Waals surface area (Å²) in [5.41, 5.74) is 0.564. The summed E-state index contributed by atoms with van der Waals surface area (Å²) in [7, 11) is 0. The molecule has 0 saturated carbocycles. The first-order valence-corrected chi connectivity index (χ1v) is 4.47. The summed E-state index contributed by atoms with van der Waals surface area (Å²) < 4.78 is 13.4. The van der Waals surface area contributed by atoms with Crippen molar-refractivity contribution in [2.45, 2.75) is 6.92 Å². The lowest BCUT2D eigenvalue weighted by atomic mass is 10.2. The van der Waals surface area contributed by atoms with Crippen LogP contribution in [0.25, 0.3) is 0 Å². The van der Waals surface area contributed by atoms with Gasteiger partial charge in [-0.1, -0.05) is 11.6 Å². The highest BCUT2D eigenvalue weighted by Crippen LogP contribution is 2.36. The van der Waals surface area contributed by atoms with Crippen LogP contribution in [-0.2, 0) is 4.79 Å². The van der Waals surface area contributed by atoms with Crippen molar-refractivity contribution in [3.05, 3.63) is 26.9 Å². The van der Waals surface area contributed by atoms with Crippen LogP contribution in [0.15, 0.2) is 15.5 Å². The van der Waals surface area contributed by atoms with Gasteiger partial charge < -0.3 is 0 Å². The first-order chi connectivity index (χ1) is 6.07. The van der Waals surface area contributed by atoms with Crippen molar-refractivity contribution in [3.8, 4) is 0 Å². The summed E-state index contributed by atoms with van der Waals surface area (Å²) >= 11 is 8.73. The Morgan fingerprint density at radius 1 is 1.69 bits per heavy atom. The normalized spacial score (nSPS) is 9.54. The van der Waals surface area contributed by atoms with Gasteiger partial charge in [0, 0.05) is 5.56 Å². The Morgan fingerprint density at radius 3 is 2.85 bits per heavy atom. The lowest BCUT2D eigenvalue weighted by molar-refractivity contribution is 0.565. The second kappa shape index (κ2) is 4.01. The first-order valence-electron chi connectivity index (χ1n) is 3.30. The minimum absolute atomic E-state index is 0.0818. The highest BCUT2D eigenvalue weighted by molar-refractivity contribution is 9.10. The number of hydrogen-bond acceptors (Lipinski definition) is 2. The predicted octanol–water partition coefficient (Wildman–Crippen LogP) is 3.52. The van der Waals surface area contributed by atoms with Gasteiger partial charge in [-0.3, -0.25) is 0 Å². The number of nitrogens with zero attached hydrogens (tertiary/aromatic N) is 1. The van der Waals surface area contributed by atoms with E-state index in [-0.39, 0.29) is 10.7 Å². The lowest BCUT2D eigenvalue weighted by Gasteiger charge is -2.04. The van der Waals surface area contributed by atoms with E-state index in [9.17, 15) is 9.18 Å². The average molecular weight is 264 g/mol. The molecule has 1 aromatic rings. The maximum absolute atomic E-state index is 13.0. The fourth-order valence-electron chi connectivity index (χ4n) is 0.823. The van der Waals surface area contributed by atoms with E-state index in [0.29, 0.717) is 10.0 Å². The molecule has 2 nitrogen and oxygen atoms in total. The Labute approximate surface area is 87.6 Å². The van der Waals surface area contributed by atoms with Gasteiger partial charge in [0.25, 0.3) is 0 Å². The van der Waals surface area contributed by atoms with Crippen LogP contribution in [0.3, 0.4) is 0 Å². The Balaban J connectivity index is 3.52. The fraction of sp³-hybridized carbons (Fsp3) is 0.125. The summed E-state index contributed by atoms with van der Waals surface area (Å²) in [6.45, 7) is 1.56. The standard InChI is InChI=1S/C8H4BrClFNO/c1-4-6(11)2-5(10)8(7(4)9)12-3-13/h2H,1H3. The van der Waals surface area contributed by atoms with Gasteiger partial charge in [0.15, 0.2) is 0 Å². The number of benzene rings is 1. The van der Waals surface area contributed by atoms with E-state index in [2.05, 4.69) is 20.9 Å². The van der Waals surface area contributed by atoms with Crippen LogP contribution in [0, 0.1) is 12.7 Å². The maximum Gasteiger partial charge on any atom is 0.240 e. The monoisotopic (exact) mass is 263 g/mol. The van der Waals surface area contributed by atoms with Crippen molar-refractivity contribution >= 4 is 39.3 Å². The predicted molar refractivity (Wildman–Crippen MR) is 51.6 cm³/mol. The van der Waals surface area contributed by atoms with Crippen molar-refractivity contribution in [1.82, 2.24) is 0 Å². The second-order valence-electron chi connectivity index (χ2n) is 2.33. The molecule has 0 heterocycles. The molecule has 68 valence electrons. The Hall–Kier alpha value is -0.700. The SMILES string of the molecule is Cc1c(F)cc(Cl)c(N=C=O)c1Br. The van der Waals surface area contributed by atoms with Crippen LogP contribution in [-0.4, -0.2) is 6.08 Å². The van der Waals surface area contributed by atoms with Gasteiger partial charge in [0.05, 0.1) is 9.50 Å². The van der Waals surface area contributed by atoms with E-state index in [1.54, 1.807) is 6.92 Å². The zero-order chi connectivity index (χ0) is 10.0. The first kappa shape index (κ1) is 10.4. The molecule has 0 amide bonds. The Kier molecular flexibility index (Phi) is 3.20. The molecular formula is C8H4BrClFNO. The van der Waals surface area contributed by atoms with Crippen LogP contribution in [0.4, 0.5) is 10.1 Å². The van der Waals surface area contributed by atoms with Gasteiger partial charge in [-0.05, 0) is 28.9 Å². The van der Waals surface area contributed by atoms with E-state index < -0.39 is 5.82 Å². The van der Waals surface area contributed by atoms with Gasteiger partial charge in [-0.2, -0.15) is 4.99 Å². The number of aliphatic imine (C=N–C) groups is 1. The third kappa shape index (κ3) is 1.97. The van der Waals surface area contributed by atoms with Gasteiger partial charge in [-0.15, -0.1) is 0 Å². The van der Waals surface area contributed by atoms with Gasteiger partial charge >= 0.3 is 0 Å². The second-order valence-corrected chi connectivity index (χ2v) is 3.53. The van der Waals surface area contributed by atoms with Crippen molar-refractivity contribution in [1.29, 1.82) is 0 Å². The fourth-order valence-corrected chi connectivity index (χ4v) is 1.66. The highest BCUT2D eigenvalue weighted by atomic mass is 79.9. The molecule has 1 aromatic carbocycles. The molecule has 0 aromatic heterocycles. The molecule has 0 bridgehead atoms. The van der Waals surface area contributed by atoms with Gasteiger partial charge in [-0.25, -0.2) is 9.18 Å². The van der Waals surface area contributed by atoms with Crippen molar-refractivity contribution in [2.24, 2.45) is 4.99 Å². The van der Waals surface area contributed by atoms with E-state index in [0.717, 1.165) is 6.07 Å². The maximum atomic E-state index is 13.0. The molecule has 5 heteroatoms. The van der Waals surface area contributed by atoms with Crippen LogP contribution in [0.2, 0.25) is 5.02 Å². The van der Waals surface area contributed by atoms with Crippen molar-refractivity contribution in [3.63, 3.8) is 0 Å². The number of rotatable bonds is 1. The van der Waals surface area contributed by atoms with E-state index in [4.69, 9.17) is 11.6 Å². The Morgan fingerprint density at radius 2 is 2.31 bits per heavy atom. The quantitative estimate of drug-likeness (QED) is 0.564. The minimum atomic E-state index is -0.443. The molecule has 0 aliphatic carbocycles. The molecule has 0 fully saturated rings. The summed E-state index contributed by atoms with van der Waals surface area (Å²) in [6, 6.07) is 1.11. The zero-order valence-electron chi connectivity index (χ0n) is 6.57. The van der Waals surface area contributed by atoms with Crippen molar-refractivity contribution < 1.29 is 9.18 Å². The molecule has 13 heavy (non-hydrogen) atoms. The molecular weight excluding hydrogens is 260 g/mol. The summed E-state index contributed by atoms with van der Waals surface area (Å²) in [5.74, 6) is -0.443. The lowest BCUT2D eigenvalue weighted by Crippen LogP contribution is -1.85. The van der Waals surface area contributed by atoms with E-state index in [1.807, 2.05) is 0 Å². The van der Waals surface area contributed by atoms with Crippen LogP contribution in [0.5, 0.6) is 0 Å². The van der Waals surface area contributed by atoms with Crippen LogP contribution >= 0.6 is 27.5 Å². The summed E-state index contributed by atoms with van der Waals surface area (Å²) in [4.78, 5) is 13.4. The molecule has 0 unspecified atom stereocenters. The number of carbonyl (C=O) groups excluding carboxylic acids is 1. The van der Waals surface area contributed by atoms with E-state index >= 15 is 0 Å². The number of isocyanates is 1. The van der Waals surface area contributed by atoms with Gasteiger partial charge in [0.2, 0.25) is 6.08 Å². The minimum Gasteiger partial charge on any atom is -0.211 e. The topological polar surface area (TPSA) is 29.4 Å². The molecule has 0 spiro atoms. The number of halogens is 3. The third-order valence-corrected chi connectivity index (χ3v) is 2.79. The van der Waals surface area contributed by atoms with Crippen molar-refractivity contribution in [2.75, 3.05) is 0 Å². The molecule has 1 rings (SSSR count). The zero-order valence-corrected chi connectivity index (χ0v) is 8.91. The summed E-state index contributed by atoms with van der Waals surface area (Å²) in [5, 5.41) is 0.0818. The van der Waals surface area contributed by atoms with Gasteiger partial charge in [0.1, 0.15) is 11.5 Å². The summed E-state index contributed by atoms with van der Waals surface area (Å²) in [6.07, 6.45) is 1.35. The number of hydrogen-bond donors (Lipinski definition) is 0. The average Bonchev–Trinajstić information content (AvgIpc) is 2.09. The highest BCUT2D eigenvalue weighted by Gasteiger charge is 2.11. The molecule has 0 saturated heterocycles. The molecule has 0 aliphatic heterocycles. The molecule has 0 aliphatic rings.